The summed E-state index contributed by atoms with van der Waals surface area (Å²) in [6.07, 6.45) is 3.11. The summed E-state index contributed by atoms with van der Waals surface area (Å²) in [5.41, 5.74) is 1.81. The van der Waals surface area contributed by atoms with Crippen LogP contribution in [0, 0.1) is 10.1 Å². The molecule has 1 aromatic carbocycles. The quantitative estimate of drug-likeness (QED) is 0.600. The zero-order chi connectivity index (χ0) is 15.9. The Morgan fingerprint density at radius 3 is 2.41 bits per heavy atom. The topological polar surface area (TPSA) is 93.0 Å². The number of hydrogen-bond donors (Lipinski definition) is 2. The van der Waals surface area contributed by atoms with Gasteiger partial charge in [-0.25, -0.2) is 9.97 Å². The third kappa shape index (κ3) is 3.69. The molecule has 0 spiro atoms. The zero-order valence-corrected chi connectivity index (χ0v) is 12.7. The first-order valence-electron chi connectivity index (χ1n) is 7.25. The number of aryl methyl sites for hydroxylation is 1. The van der Waals surface area contributed by atoms with E-state index < -0.39 is 4.92 Å². The number of rotatable bonds is 7. The van der Waals surface area contributed by atoms with Crippen LogP contribution in [-0.2, 0) is 6.42 Å². The van der Waals surface area contributed by atoms with Crippen LogP contribution in [0.5, 0.6) is 0 Å². The van der Waals surface area contributed by atoms with Crippen LogP contribution in [0.25, 0.3) is 0 Å². The van der Waals surface area contributed by atoms with Crippen molar-refractivity contribution in [2.45, 2.75) is 26.7 Å². The number of nitro groups is 1. The standard InChI is InChI=1S/C15H19N5O2/c1-3-9-16-14-13(20(21)22)15(18-10-17-14)19-12-7-5-11(4-2)6-8-12/h5-8,10H,3-4,9H2,1-2H3,(H2,16,17,18,19). The van der Waals surface area contributed by atoms with Gasteiger partial charge in [-0.2, -0.15) is 0 Å². The Morgan fingerprint density at radius 1 is 1.14 bits per heavy atom. The Labute approximate surface area is 129 Å². The average molecular weight is 301 g/mol. The van der Waals surface area contributed by atoms with E-state index in [0.29, 0.717) is 6.54 Å². The third-order valence-electron chi connectivity index (χ3n) is 3.17. The van der Waals surface area contributed by atoms with Crippen LogP contribution in [0.4, 0.5) is 23.0 Å². The molecule has 1 heterocycles. The highest BCUT2D eigenvalue weighted by atomic mass is 16.6. The summed E-state index contributed by atoms with van der Waals surface area (Å²) in [6, 6.07) is 7.71. The van der Waals surface area contributed by atoms with Crippen LogP contribution in [-0.4, -0.2) is 21.4 Å². The molecule has 116 valence electrons. The third-order valence-corrected chi connectivity index (χ3v) is 3.17. The fourth-order valence-electron chi connectivity index (χ4n) is 1.98. The Kier molecular flexibility index (Phi) is 5.24. The summed E-state index contributed by atoms with van der Waals surface area (Å²) in [5, 5.41) is 17.3. The molecule has 22 heavy (non-hydrogen) atoms. The van der Waals surface area contributed by atoms with Gasteiger partial charge >= 0.3 is 5.69 Å². The van der Waals surface area contributed by atoms with Gasteiger partial charge in [0.1, 0.15) is 6.33 Å². The van der Waals surface area contributed by atoms with Gasteiger partial charge < -0.3 is 10.6 Å². The molecule has 2 N–H and O–H groups in total. The van der Waals surface area contributed by atoms with Gasteiger partial charge in [0.15, 0.2) is 0 Å². The average Bonchev–Trinajstić information content (AvgIpc) is 2.53. The molecule has 0 unspecified atom stereocenters. The number of anilines is 3. The summed E-state index contributed by atoms with van der Waals surface area (Å²) >= 11 is 0. The minimum absolute atomic E-state index is 0.143. The van der Waals surface area contributed by atoms with E-state index in [1.165, 1.54) is 11.9 Å². The van der Waals surface area contributed by atoms with Crippen molar-refractivity contribution < 1.29 is 4.92 Å². The van der Waals surface area contributed by atoms with E-state index >= 15 is 0 Å². The predicted octanol–water partition coefficient (Wildman–Crippen LogP) is 3.51. The van der Waals surface area contributed by atoms with E-state index in [4.69, 9.17) is 0 Å². The first-order chi connectivity index (χ1) is 10.7. The first kappa shape index (κ1) is 15.7. The van der Waals surface area contributed by atoms with E-state index in [2.05, 4.69) is 27.5 Å². The lowest BCUT2D eigenvalue weighted by Gasteiger charge is -2.10. The summed E-state index contributed by atoms with van der Waals surface area (Å²) in [5.74, 6) is 0.414. The largest absolute Gasteiger partial charge is 0.364 e. The number of nitrogens with zero attached hydrogens (tertiary/aromatic N) is 3. The molecule has 7 nitrogen and oxygen atoms in total. The normalized spacial score (nSPS) is 10.3. The highest BCUT2D eigenvalue weighted by molar-refractivity contribution is 5.73. The molecule has 0 aliphatic rings. The summed E-state index contributed by atoms with van der Waals surface area (Å²) in [4.78, 5) is 18.8. The SMILES string of the molecule is CCCNc1ncnc(Nc2ccc(CC)cc2)c1[N+](=O)[O-]. The summed E-state index contributed by atoms with van der Waals surface area (Å²) in [6.45, 7) is 4.67. The molecule has 0 amide bonds. The smallest absolute Gasteiger partial charge is 0.353 e. The fourth-order valence-corrected chi connectivity index (χ4v) is 1.98. The van der Waals surface area contributed by atoms with Gasteiger partial charge in [-0.3, -0.25) is 10.1 Å². The van der Waals surface area contributed by atoms with Gasteiger partial charge in [0.05, 0.1) is 4.92 Å². The Bertz CT molecular complexity index is 643. The Hall–Kier alpha value is -2.70. The van der Waals surface area contributed by atoms with E-state index in [1.807, 2.05) is 31.2 Å². The second kappa shape index (κ2) is 7.35. The van der Waals surface area contributed by atoms with Crippen molar-refractivity contribution >= 4 is 23.0 Å². The molecule has 0 bridgehead atoms. The molecule has 0 aliphatic heterocycles. The van der Waals surface area contributed by atoms with Crippen molar-refractivity contribution in [3.63, 3.8) is 0 Å². The number of hydrogen-bond acceptors (Lipinski definition) is 6. The van der Waals surface area contributed by atoms with Gasteiger partial charge in [-0.1, -0.05) is 26.0 Å². The lowest BCUT2D eigenvalue weighted by Crippen LogP contribution is -2.08. The zero-order valence-electron chi connectivity index (χ0n) is 12.7. The summed E-state index contributed by atoms with van der Waals surface area (Å²) in [7, 11) is 0. The molecule has 0 fully saturated rings. The lowest BCUT2D eigenvalue weighted by atomic mass is 10.1. The first-order valence-corrected chi connectivity index (χ1v) is 7.25. The van der Waals surface area contributed by atoms with E-state index in [0.717, 1.165) is 18.5 Å². The lowest BCUT2D eigenvalue weighted by molar-refractivity contribution is -0.383. The molecule has 0 saturated heterocycles. The summed E-state index contributed by atoms with van der Waals surface area (Å²) < 4.78 is 0. The minimum atomic E-state index is -0.471. The van der Waals surface area contributed by atoms with Crippen LogP contribution in [0.1, 0.15) is 25.8 Å². The van der Waals surface area contributed by atoms with Crippen LogP contribution in [0.2, 0.25) is 0 Å². The minimum Gasteiger partial charge on any atom is -0.364 e. The van der Waals surface area contributed by atoms with E-state index in [1.54, 1.807) is 0 Å². The van der Waals surface area contributed by atoms with E-state index in [-0.39, 0.29) is 17.3 Å². The molecule has 2 aromatic rings. The predicted molar refractivity (Wildman–Crippen MR) is 86.6 cm³/mol. The van der Waals surface area contributed by atoms with Crippen LogP contribution in [0.3, 0.4) is 0 Å². The molecular formula is C15H19N5O2. The molecule has 0 atom stereocenters. The number of aromatic nitrogens is 2. The van der Waals surface area contributed by atoms with E-state index in [9.17, 15) is 10.1 Å². The molecule has 0 aliphatic carbocycles. The van der Waals surface area contributed by atoms with Gasteiger partial charge in [0, 0.05) is 12.2 Å². The Morgan fingerprint density at radius 2 is 1.82 bits per heavy atom. The number of benzene rings is 1. The van der Waals surface area contributed by atoms with Gasteiger partial charge in [-0.15, -0.1) is 0 Å². The maximum atomic E-state index is 11.3. The second-order valence-corrected chi connectivity index (χ2v) is 4.78. The van der Waals surface area contributed by atoms with Gasteiger partial charge in [0.2, 0.25) is 11.6 Å². The van der Waals surface area contributed by atoms with Crippen LogP contribution >= 0.6 is 0 Å². The van der Waals surface area contributed by atoms with Crippen LogP contribution in [0.15, 0.2) is 30.6 Å². The van der Waals surface area contributed by atoms with Crippen LogP contribution < -0.4 is 10.6 Å². The van der Waals surface area contributed by atoms with Crippen molar-refractivity contribution in [2.75, 3.05) is 17.2 Å². The van der Waals surface area contributed by atoms with Crippen molar-refractivity contribution in [1.82, 2.24) is 9.97 Å². The van der Waals surface area contributed by atoms with Crippen molar-refractivity contribution in [2.24, 2.45) is 0 Å². The van der Waals surface area contributed by atoms with Crippen molar-refractivity contribution in [1.29, 1.82) is 0 Å². The van der Waals surface area contributed by atoms with Crippen molar-refractivity contribution in [3.8, 4) is 0 Å². The van der Waals surface area contributed by atoms with Crippen molar-refractivity contribution in [3.05, 3.63) is 46.3 Å². The maximum absolute atomic E-state index is 11.3. The Balaban J connectivity index is 2.30. The monoisotopic (exact) mass is 301 g/mol. The number of nitrogens with one attached hydrogen (secondary N) is 2. The van der Waals surface area contributed by atoms with Gasteiger partial charge in [0.25, 0.3) is 0 Å². The molecular weight excluding hydrogens is 282 g/mol. The second-order valence-electron chi connectivity index (χ2n) is 4.78. The molecule has 7 heteroatoms. The molecule has 1 aromatic heterocycles. The highest BCUT2D eigenvalue weighted by Gasteiger charge is 2.22. The molecule has 2 rings (SSSR count). The molecule has 0 saturated carbocycles. The maximum Gasteiger partial charge on any atom is 0.353 e. The molecule has 0 radical (unpaired) electrons. The van der Waals surface area contributed by atoms with Gasteiger partial charge in [-0.05, 0) is 30.5 Å². The fraction of sp³-hybridized carbons (Fsp3) is 0.333. The highest BCUT2D eigenvalue weighted by Crippen LogP contribution is 2.31.